The fourth-order valence-electron chi connectivity index (χ4n) is 3.09. The van der Waals surface area contributed by atoms with Gasteiger partial charge < -0.3 is 9.47 Å². The molecular formula is C17H22N2OS. The number of likely N-dealkylation sites (tertiary alicyclic amines) is 1. The number of piperidine rings is 1. The molecule has 0 saturated carbocycles. The number of aryl methyl sites for hydroxylation is 1. The third kappa shape index (κ3) is 2.91. The van der Waals surface area contributed by atoms with Crippen molar-refractivity contribution >= 4 is 17.2 Å². The molecule has 1 aliphatic heterocycles. The Morgan fingerprint density at radius 2 is 2.00 bits per heavy atom. The topological polar surface area (TPSA) is 25.2 Å². The van der Waals surface area contributed by atoms with Gasteiger partial charge in [-0.25, -0.2) is 0 Å². The van der Waals surface area contributed by atoms with E-state index >= 15 is 0 Å². The minimum Gasteiger partial charge on any atom is -0.343 e. The lowest BCUT2D eigenvalue weighted by atomic mass is 10.1. The molecule has 0 N–H and O–H groups in total. The van der Waals surface area contributed by atoms with E-state index in [1.54, 1.807) is 11.3 Å². The Kier molecular flexibility index (Phi) is 4.15. The van der Waals surface area contributed by atoms with E-state index in [1.807, 2.05) is 4.90 Å². The van der Waals surface area contributed by atoms with Crippen molar-refractivity contribution in [2.45, 2.75) is 39.7 Å². The zero-order valence-corrected chi connectivity index (χ0v) is 13.6. The number of amides is 1. The predicted octanol–water partition coefficient (Wildman–Crippen LogP) is 3.84. The molecule has 0 aromatic carbocycles. The van der Waals surface area contributed by atoms with Crippen LogP contribution >= 0.6 is 11.3 Å². The molecule has 3 heterocycles. The van der Waals surface area contributed by atoms with Crippen LogP contribution in [0.3, 0.4) is 0 Å². The Morgan fingerprint density at radius 3 is 2.67 bits per heavy atom. The van der Waals surface area contributed by atoms with Gasteiger partial charge in [0, 0.05) is 29.4 Å². The second-order valence-electron chi connectivity index (χ2n) is 5.80. The van der Waals surface area contributed by atoms with Gasteiger partial charge in [0.15, 0.2) is 0 Å². The van der Waals surface area contributed by atoms with Crippen molar-refractivity contribution in [3.05, 3.63) is 45.4 Å². The van der Waals surface area contributed by atoms with Crippen LogP contribution < -0.4 is 0 Å². The van der Waals surface area contributed by atoms with Crippen LogP contribution in [0, 0.1) is 13.8 Å². The number of nitrogens with zero attached hydrogens (tertiary/aromatic N) is 2. The molecule has 4 heteroatoms. The molecule has 0 atom stereocenters. The molecule has 1 saturated heterocycles. The van der Waals surface area contributed by atoms with Crippen LogP contribution in [0.1, 0.15) is 45.9 Å². The van der Waals surface area contributed by atoms with Crippen LogP contribution in [0.5, 0.6) is 0 Å². The van der Waals surface area contributed by atoms with E-state index in [9.17, 15) is 4.79 Å². The number of hydrogen-bond donors (Lipinski definition) is 0. The summed E-state index contributed by atoms with van der Waals surface area (Å²) in [7, 11) is 0. The molecule has 21 heavy (non-hydrogen) atoms. The van der Waals surface area contributed by atoms with Crippen LogP contribution in [0.25, 0.3) is 0 Å². The van der Waals surface area contributed by atoms with E-state index in [2.05, 4.69) is 42.0 Å². The summed E-state index contributed by atoms with van der Waals surface area (Å²) in [5, 5.41) is 2.10. The lowest BCUT2D eigenvalue weighted by molar-refractivity contribution is 0.0723. The van der Waals surface area contributed by atoms with Gasteiger partial charge in [0.1, 0.15) is 0 Å². The van der Waals surface area contributed by atoms with Crippen LogP contribution in [0.4, 0.5) is 0 Å². The summed E-state index contributed by atoms with van der Waals surface area (Å²) in [4.78, 5) is 16.0. The van der Waals surface area contributed by atoms with E-state index in [4.69, 9.17) is 0 Å². The minimum atomic E-state index is 0.209. The molecule has 2 aromatic heterocycles. The van der Waals surface area contributed by atoms with Gasteiger partial charge in [-0.1, -0.05) is 6.07 Å². The molecule has 1 aliphatic rings. The molecule has 0 aliphatic carbocycles. The first-order chi connectivity index (χ1) is 10.2. The largest absolute Gasteiger partial charge is 0.343 e. The smallest absolute Gasteiger partial charge is 0.255 e. The Hall–Kier alpha value is -1.55. The third-order valence-corrected chi connectivity index (χ3v) is 5.20. The van der Waals surface area contributed by atoms with E-state index in [0.717, 1.165) is 43.7 Å². The average molecular weight is 302 g/mol. The normalized spacial score (nSPS) is 15.4. The second kappa shape index (κ2) is 6.06. The minimum absolute atomic E-state index is 0.209. The number of hydrogen-bond acceptors (Lipinski definition) is 2. The number of rotatable bonds is 3. The summed E-state index contributed by atoms with van der Waals surface area (Å²) in [6.07, 6.45) is 3.53. The van der Waals surface area contributed by atoms with Crippen molar-refractivity contribution < 1.29 is 4.79 Å². The average Bonchev–Trinajstić information content (AvgIpc) is 3.11. The predicted molar refractivity (Wildman–Crippen MR) is 87.1 cm³/mol. The molecular weight excluding hydrogens is 280 g/mol. The monoisotopic (exact) mass is 302 g/mol. The highest BCUT2D eigenvalue weighted by atomic mass is 32.1. The molecule has 0 spiro atoms. The van der Waals surface area contributed by atoms with E-state index in [-0.39, 0.29) is 5.91 Å². The van der Waals surface area contributed by atoms with Crippen LogP contribution in [0.2, 0.25) is 0 Å². The fraction of sp³-hybridized carbons (Fsp3) is 0.471. The molecule has 0 bridgehead atoms. The zero-order valence-electron chi connectivity index (χ0n) is 12.8. The standard InChI is InChI=1S/C17H22N2OS/c1-13-11-16(17(20)18-8-4-3-5-9-18)14(2)19(13)12-15-7-6-10-21-15/h6-7,10-11H,3-5,8-9,12H2,1-2H3. The molecule has 2 aromatic rings. The van der Waals surface area contributed by atoms with Gasteiger partial charge in [-0.15, -0.1) is 11.3 Å². The number of carbonyl (C=O) groups is 1. The molecule has 1 fully saturated rings. The maximum atomic E-state index is 12.7. The molecule has 3 nitrogen and oxygen atoms in total. The van der Waals surface area contributed by atoms with E-state index < -0.39 is 0 Å². The molecule has 1 amide bonds. The first-order valence-electron chi connectivity index (χ1n) is 7.65. The van der Waals surface area contributed by atoms with Crippen LogP contribution in [-0.2, 0) is 6.54 Å². The van der Waals surface area contributed by atoms with Crippen molar-refractivity contribution in [3.63, 3.8) is 0 Å². The van der Waals surface area contributed by atoms with Crippen molar-refractivity contribution in [2.75, 3.05) is 13.1 Å². The van der Waals surface area contributed by atoms with Crippen molar-refractivity contribution in [2.24, 2.45) is 0 Å². The van der Waals surface area contributed by atoms with Crippen molar-refractivity contribution in [1.82, 2.24) is 9.47 Å². The van der Waals surface area contributed by atoms with Gasteiger partial charge in [0.2, 0.25) is 0 Å². The van der Waals surface area contributed by atoms with Gasteiger partial charge in [-0.3, -0.25) is 4.79 Å². The highest BCUT2D eigenvalue weighted by molar-refractivity contribution is 7.09. The van der Waals surface area contributed by atoms with Crippen LogP contribution in [0.15, 0.2) is 23.6 Å². The SMILES string of the molecule is Cc1cc(C(=O)N2CCCCC2)c(C)n1Cc1cccs1. The van der Waals surface area contributed by atoms with Crippen molar-refractivity contribution in [3.8, 4) is 0 Å². The van der Waals surface area contributed by atoms with Gasteiger partial charge >= 0.3 is 0 Å². The summed E-state index contributed by atoms with van der Waals surface area (Å²) < 4.78 is 2.25. The lowest BCUT2D eigenvalue weighted by Gasteiger charge is -2.26. The highest BCUT2D eigenvalue weighted by Gasteiger charge is 2.22. The molecule has 3 rings (SSSR count). The summed E-state index contributed by atoms with van der Waals surface area (Å²) in [6, 6.07) is 6.28. The Morgan fingerprint density at radius 1 is 1.24 bits per heavy atom. The molecule has 0 radical (unpaired) electrons. The van der Waals surface area contributed by atoms with Gasteiger partial charge in [0.05, 0.1) is 12.1 Å². The molecule has 0 unspecified atom stereocenters. The number of aromatic nitrogens is 1. The highest BCUT2D eigenvalue weighted by Crippen LogP contribution is 2.22. The summed E-state index contributed by atoms with van der Waals surface area (Å²) in [6.45, 7) is 6.84. The fourth-order valence-corrected chi connectivity index (χ4v) is 3.78. The van der Waals surface area contributed by atoms with Crippen molar-refractivity contribution in [1.29, 1.82) is 0 Å². The van der Waals surface area contributed by atoms with Crippen LogP contribution in [-0.4, -0.2) is 28.5 Å². The quantitative estimate of drug-likeness (QED) is 0.845. The Labute approximate surface area is 130 Å². The Bertz CT molecular complexity index is 622. The van der Waals surface area contributed by atoms with Gasteiger partial charge in [0.25, 0.3) is 5.91 Å². The summed E-state index contributed by atoms with van der Waals surface area (Å²) >= 11 is 1.76. The first-order valence-corrected chi connectivity index (χ1v) is 8.53. The Balaban J connectivity index is 1.84. The van der Waals surface area contributed by atoms with Gasteiger partial charge in [-0.05, 0) is 50.6 Å². The number of carbonyl (C=O) groups excluding carboxylic acids is 1. The van der Waals surface area contributed by atoms with E-state index in [1.165, 1.54) is 17.0 Å². The summed E-state index contributed by atoms with van der Waals surface area (Å²) in [5.41, 5.74) is 3.14. The second-order valence-corrected chi connectivity index (χ2v) is 6.84. The third-order valence-electron chi connectivity index (χ3n) is 4.34. The maximum Gasteiger partial charge on any atom is 0.255 e. The maximum absolute atomic E-state index is 12.7. The van der Waals surface area contributed by atoms with E-state index in [0.29, 0.717) is 0 Å². The lowest BCUT2D eigenvalue weighted by Crippen LogP contribution is -2.35. The molecule has 112 valence electrons. The summed E-state index contributed by atoms with van der Waals surface area (Å²) in [5.74, 6) is 0.209. The van der Waals surface area contributed by atoms with Gasteiger partial charge in [-0.2, -0.15) is 0 Å². The number of thiophene rings is 1. The first kappa shape index (κ1) is 14.4. The zero-order chi connectivity index (χ0) is 14.8.